The lowest BCUT2D eigenvalue weighted by Crippen LogP contribution is -2.40. The fourth-order valence-corrected chi connectivity index (χ4v) is 2.65. The van der Waals surface area contributed by atoms with Crippen molar-refractivity contribution in [2.45, 2.75) is 71.9 Å². The maximum Gasteiger partial charge on any atom is 0.0107 e. The quantitative estimate of drug-likeness (QED) is 0.667. The molecule has 1 nitrogen and oxygen atoms in total. The fourth-order valence-electron chi connectivity index (χ4n) is 2.65. The fraction of sp³-hybridized carbons (Fsp3) is 0.867. The van der Waals surface area contributed by atoms with E-state index in [1.807, 2.05) is 0 Å². The molecule has 94 valence electrons. The molecule has 0 aromatic heterocycles. The Morgan fingerprint density at radius 3 is 2.12 bits per heavy atom. The van der Waals surface area contributed by atoms with E-state index >= 15 is 0 Å². The molecule has 0 aliphatic heterocycles. The lowest BCUT2D eigenvalue weighted by atomic mass is 9.93. The van der Waals surface area contributed by atoms with Crippen LogP contribution >= 0.6 is 0 Å². The smallest absolute Gasteiger partial charge is 0.0107 e. The van der Waals surface area contributed by atoms with Crippen LogP contribution in [0.25, 0.3) is 0 Å². The van der Waals surface area contributed by atoms with Crippen molar-refractivity contribution in [1.29, 1.82) is 0 Å². The van der Waals surface area contributed by atoms with Crippen LogP contribution < -0.4 is 5.32 Å². The molecule has 16 heavy (non-hydrogen) atoms. The van der Waals surface area contributed by atoms with Crippen molar-refractivity contribution in [2.24, 2.45) is 11.8 Å². The summed E-state index contributed by atoms with van der Waals surface area (Å²) in [6.07, 6.45) is 11.1. The number of rotatable bonds is 6. The molecule has 0 bridgehead atoms. The molecule has 0 fully saturated rings. The van der Waals surface area contributed by atoms with Gasteiger partial charge in [-0.1, -0.05) is 39.8 Å². The number of nitrogens with one attached hydrogen (secondary N) is 1. The highest BCUT2D eigenvalue weighted by atomic mass is 14.9. The van der Waals surface area contributed by atoms with Gasteiger partial charge in [-0.05, 0) is 43.9 Å². The molecular weight excluding hydrogens is 194 g/mol. The second-order valence-corrected chi connectivity index (χ2v) is 6.10. The summed E-state index contributed by atoms with van der Waals surface area (Å²) in [5, 5.41) is 3.87. The third kappa shape index (κ3) is 5.69. The number of allylic oxidation sites excluding steroid dienone is 1. The average molecular weight is 223 g/mol. The predicted octanol–water partition coefficient (Wildman–Crippen LogP) is 4.15. The summed E-state index contributed by atoms with van der Waals surface area (Å²) in [6.45, 7) is 9.32. The Kier molecular flexibility index (Phi) is 6.12. The lowest BCUT2D eigenvalue weighted by molar-refractivity contribution is 0.315. The summed E-state index contributed by atoms with van der Waals surface area (Å²) < 4.78 is 0. The Bertz CT molecular complexity index is 195. The third-order valence-electron chi connectivity index (χ3n) is 3.25. The van der Waals surface area contributed by atoms with Crippen LogP contribution in [-0.2, 0) is 0 Å². The van der Waals surface area contributed by atoms with Gasteiger partial charge in [-0.25, -0.2) is 0 Å². The van der Waals surface area contributed by atoms with Crippen LogP contribution in [0.15, 0.2) is 12.2 Å². The average Bonchev–Trinajstić information content (AvgIpc) is 2.16. The zero-order valence-electron chi connectivity index (χ0n) is 11.5. The van der Waals surface area contributed by atoms with E-state index in [-0.39, 0.29) is 0 Å². The van der Waals surface area contributed by atoms with Gasteiger partial charge in [0.2, 0.25) is 0 Å². The molecule has 0 amide bonds. The van der Waals surface area contributed by atoms with E-state index in [9.17, 15) is 0 Å². The molecule has 0 saturated carbocycles. The van der Waals surface area contributed by atoms with E-state index in [0.29, 0.717) is 0 Å². The Morgan fingerprint density at radius 1 is 1.06 bits per heavy atom. The summed E-state index contributed by atoms with van der Waals surface area (Å²) in [5.41, 5.74) is 0. The number of hydrogen-bond acceptors (Lipinski definition) is 1. The van der Waals surface area contributed by atoms with Crippen LogP contribution in [0.5, 0.6) is 0 Å². The first-order chi connectivity index (χ1) is 7.58. The van der Waals surface area contributed by atoms with Gasteiger partial charge in [0.1, 0.15) is 0 Å². The van der Waals surface area contributed by atoms with Crippen molar-refractivity contribution in [3.05, 3.63) is 12.2 Å². The summed E-state index contributed by atoms with van der Waals surface area (Å²) in [7, 11) is 0. The topological polar surface area (TPSA) is 12.0 Å². The molecule has 1 rings (SSSR count). The van der Waals surface area contributed by atoms with Gasteiger partial charge in [-0.2, -0.15) is 0 Å². The van der Waals surface area contributed by atoms with E-state index < -0.39 is 0 Å². The van der Waals surface area contributed by atoms with Crippen LogP contribution in [0.2, 0.25) is 0 Å². The highest BCUT2D eigenvalue weighted by Gasteiger charge is 2.17. The molecule has 1 heteroatoms. The molecule has 0 spiro atoms. The van der Waals surface area contributed by atoms with Crippen molar-refractivity contribution in [3.63, 3.8) is 0 Å². The molecule has 1 N–H and O–H groups in total. The Balaban J connectivity index is 2.38. The normalized spacial score (nSPS) is 21.3. The van der Waals surface area contributed by atoms with Crippen molar-refractivity contribution in [1.82, 2.24) is 5.32 Å². The highest BCUT2D eigenvalue weighted by molar-refractivity contribution is 4.94. The molecule has 1 aliphatic carbocycles. The maximum absolute atomic E-state index is 3.87. The van der Waals surface area contributed by atoms with Gasteiger partial charge < -0.3 is 5.32 Å². The first-order valence-corrected chi connectivity index (χ1v) is 6.99. The third-order valence-corrected chi connectivity index (χ3v) is 3.25. The Hall–Kier alpha value is -0.300. The summed E-state index contributed by atoms with van der Waals surface area (Å²) in [5.74, 6) is 1.60. The Morgan fingerprint density at radius 2 is 1.69 bits per heavy atom. The molecule has 0 saturated heterocycles. The first-order valence-electron chi connectivity index (χ1n) is 6.99. The second kappa shape index (κ2) is 7.11. The van der Waals surface area contributed by atoms with Crippen LogP contribution in [0, 0.1) is 11.8 Å². The monoisotopic (exact) mass is 223 g/mol. The zero-order chi connectivity index (χ0) is 12.0. The van der Waals surface area contributed by atoms with Crippen molar-refractivity contribution in [3.8, 4) is 0 Å². The van der Waals surface area contributed by atoms with Gasteiger partial charge in [0, 0.05) is 12.1 Å². The lowest BCUT2D eigenvalue weighted by Gasteiger charge is -2.29. The number of hydrogen-bond donors (Lipinski definition) is 1. The van der Waals surface area contributed by atoms with Crippen molar-refractivity contribution >= 4 is 0 Å². The van der Waals surface area contributed by atoms with E-state index in [4.69, 9.17) is 0 Å². The van der Waals surface area contributed by atoms with Crippen molar-refractivity contribution in [2.75, 3.05) is 0 Å². The first kappa shape index (κ1) is 13.8. The largest absolute Gasteiger partial charge is 0.311 e. The SMILES string of the molecule is CC(C)CC(CC(C)C)NC1CC=CCC1. The van der Waals surface area contributed by atoms with Gasteiger partial charge in [-0.15, -0.1) is 0 Å². The minimum atomic E-state index is 0.719. The molecule has 1 unspecified atom stereocenters. The molecular formula is C15H29N. The minimum absolute atomic E-state index is 0.719. The Labute approximate surface area is 102 Å². The van der Waals surface area contributed by atoms with Gasteiger partial charge in [-0.3, -0.25) is 0 Å². The summed E-state index contributed by atoms with van der Waals surface area (Å²) in [4.78, 5) is 0. The summed E-state index contributed by atoms with van der Waals surface area (Å²) in [6, 6.07) is 1.45. The van der Waals surface area contributed by atoms with E-state index in [1.165, 1.54) is 32.1 Å². The second-order valence-electron chi connectivity index (χ2n) is 6.10. The molecule has 1 atom stereocenters. The van der Waals surface area contributed by atoms with Gasteiger partial charge in [0.15, 0.2) is 0 Å². The van der Waals surface area contributed by atoms with Gasteiger partial charge in [0.05, 0.1) is 0 Å². The highest BCUT2D eigenvalue weighted by Crippen LogP contribution is 2.17. The predicted molar refractivity (Wildman–Crippen MR) is 72.6 cm³/mol. The molecule has 0 heterocycles. The minimum Gasteiger partial charge on any atom is -0.311 e. The standard InChI is InChI=1S/C15H29N/c1-12(2)10-15(11-13(3)4)16-14-8-6-5-7-9-14/h5-6,12-16H,7-11H2,1-4H3. The molecule has 0 aromatic rings. The van der Waals surface area contributed by atoms with E-state index in [0.717, 1.165) is 23.9 Å². The van der Waals surface area contributed by atoms with E-state index in [2.05, 4.69) is 45.2 Å². The van der Waals surface area contributed by atoms with Gasteiger partial charge >= 0.3 is 0 Å². The zero-order valence-corrected chi connectivity index (χ0v) is 11.5. The maximum atomic E-state index is 3.87. The molecule has 0 radical (unpaired) electrons. The van der Waals surface area contributed by atoms with Crippen LogP contribution in [0.4, 0.5) is 0 Å². The van der Waals surface area contributed by atoms with Crippen molar-refractivity contribution < 1.29 is 0 Å². The van der Waals surface area contributed by atoms with E-state index in [1.54, 1.807) is 0 Å². The van der Waals surface area contributed by atoms with Crippen LogP contribution in [-0.4, -0.2) is 12.1 Å². The summed E-state index contributed by atoms with van der Waals surface area (Å²) >= 11 is 0. The van der Waals surface area contributed by atoms with Gasteiger partial charge in [0.25, 0.3) is 0 Å². The van der Waals surface area contributed by atoms with Crippen LogP contribution in [0.1, 0.15) is 59.8 Å². The molecule has 1 aliphatic rings. The van der Waals surface area contributed by atoms with Crippen LogP contribution in [0.3, 0.4) is 0 Å². The molecule has 0 aromatic carbocycles.